The number of nitrogens with one attached hydrogen (secondary N) is 2. The van der Waals surface area contributed by atoms with E-state index in [2.05, 4.69) is 15.8 Å². The van der Waals surface area contributed by atoms with Crippen molar-refractivity contribution < 1.29 is 28.6 Å². The number of hydrazone groups is 1. The summed E-state index contributed by atoms with van der Waals surface area (Å²) in [7, 11) is 2.97. The first-order valence-corrected chi connectivity index (χ1v) is 12.4. The van der Waals surface area contributed by atoms with Gasteiger partial charge in [-0.1, -0.05) is 29.8 Å². The molecule has 0 unspecified atom stereocenters. The number of halogens is 1. The maximum atomic E-state index is 12.8. The highest BCUT2D eigenvalue weighted by Crippen LogP contribution is 2.37. The second-order valence-corrected chi connectivity index (χ2v) is 9.18. The van der Waals surface area contributed by atoms with Crippen molar-refractivity contribution in [1.82, 2.24) is 10.7 Å². The SMILES string of the molecule is COc1ccc(C(=O)NCC(=O)N/N=C\c2ccc(OC(=O)c3sc4ccccc4c3Cl)c(OC)c2)cc1. The molecule has 2 N–H and O–H groups in total. The molecule has 0 radical (unpaired) electrons. The quantitative estimate of drug-likeness (QED) is 0.135. The largest absolute Gasteiger partial charge is 0.497 e. The Hall–Kier alpha value is -4.41. The van der Waals surface area contributed by atoms with Crippen LogP contribution in [0, 0.1) is 0 Å². The van der Waals surface area contributed by atoms with Crippen molar-refractivity contribution in [2.24, 2.45) is 5.10 Å². The van der Waals surface area contributed by atoms with Gasteiger partial charge in [0.05, 0.1) is 32.0 Å². The Bertz CT molecular complexity index is 1520. The number of hydrogen-bond donors (Lipinski definition) is 2. The fraction of sp³-hybridized carbons (Fsp3) is 0.111. The molecule has 0 atom stereocenters. The van der Waals surface area contributed by atoms with E-state index in [1.54, 1.807) is 42.5 Å². The number of fused-ring (bicyclic) bond motifs is 1. The van der Waals surface area contributed by atoms with Gasteiger partial charge in [-0.2, -0.15) is 5.10 Å². The maximum Gasteiger partial charge on any atom is 0.355 e. The molecule has 0 fully saturated rings. The van der Waals surface area contributed by atoms with E-state index in [-0.39, 0.29) is 18.0 Å². The number of carbonyl (C=O) groups is 3. The number of carbonyl (C=O) groups excluding carboxylic acids is 3. The van der Waals surface area contributed by atoms with Crippen LogP contribution in [0.15, 0.2) is 71.8 Å². The topological polar surface area (TPSA) is 115 Å². The van der Waals surface area contributed by atoms with Crippen LogP contribution in [0.5, 0.6) is 17.2 Å². The number of methoxy groups -OCH3 is 2. The summed E-state index contributed by atoms with van der Waals surface area (Å²) in [5.41, 5.74) is 3.30. The lowest BCUT2D eigenvalue weighted by Crippen LogP contribution is -2.34. The summed E-state index contributed by atoms with van der Waals surface area (Å²) < 4.78 is 16.8. The van der Waals surface area contributed by atoms with Gasteiger partial charge in [0.15, 0.2) is 11.5 Å². The molecule has 4 aromatic rings. The Morgan fingerprint density at radius 1 is 0.974 bits per heavy atom. The van der Waals surface area contributed by atoms with Crippen LogP contribution in [-0.4, -0.2) is 44.8 Å². The molecule has 11 heteroatoms. The number of nitrogens with zero attached hydrogens (tertiary/aromatic N) is 1. The highest BCUT2D eigenvalue weighted by atomic mass is 35.5. The lowest BCUT2D eigenvalue weighted by atomic mass is 10.2. The van der Waals surface area contributed by atoms with E-state index in [0.717, 1.165) is 10.1 Å². The van der Waals surface area contributed by atoms with E-state index in [9.17, 15) is 14.4 Å². The smallest absolute Gasteiger partial charge is 0.355 e. The number of rotatable bonds is 9. The van der Waals surface area contributed by atoms with Crippen LogP contribution in [-0.2, 0) is 4.79 Å². The molecule has 3 aromatic carbocycles. The van der Waals surface area contributed by atoms with Crippen LogP contribution < -0.4 is 25.0 Å². The van der Waals surface area contributed by atoms with Gasteiger partial charge in [-0.05, 0) is 54.1 Å². The van der Waals surface area contributed by atoms with E-state index in [4.69, 9.17) is 25.8 Å². The second kappa shape index (κ2) is 12.2. The van der Waals surface area contributed by atoms with E-state index in [0.29, 0.717) is 26.8 Å². The summed E-state index contributed by atoms with van der Waals surface area (Å²) in [5, 5.41) is 7.53. The molecule has 0 aliphatic carbocycles. The summed E-state index contributed by atoms with van der Waals surface area (Å²) in [5.74, 6) is -0.401. The van der Waals surface area contributed by atoms with Crippen molar-refractivity contribution in [2.45, 2.75) is 0 Å². The lowest BCUT2D eigenvalue weighted by Gasteiger charge is -2.09. The molecular formula is C27H22ClN3O6S. The maximum absolute atomic E-state index is 12.8. The molecule has 0 aliphatic rings. The number of benzene rings is 3. The van der Waals surface area contributed by atoms with E-state index < -0.39 is 17.8 Å². The number of amides is 2. The molecule has 194 valence electrons. The van der Waals surface area contributed by atoms with Crippen molar-refractivity contribution in [2.75, 3.05) is 20.8 Å². The highest BCUT2D eigenvalue weighted by molar-refractivity contribution is 7.21. The summed E-state index contributed by atoms with van der Waals surface area (Å²) in [6.45, 7) is -0.263. The van der Waals surface area contributed by atoms with Crippen molar-refractivity contribution in [3.05, 3.63) is 87.8 Å². The van der Waals surface area contributed by atoms with Crippen molar-refractivity contribution in [3.63, 3.8) is 0 Å². The summed E-state index contributed by atoms with van der Waals surface area (Å²) in [6, 6.07) is 18.7. The molecule has 0 saturated carbocycles. The molecular weight excluding hydrogens is 530 g/mol. The van der Waals surface area contributed by atoms with Crippen LogP contribution in [0.3, 0.4) is 0 Å². The third kappa shape index (κ3) is 6.28. The number of ether oxygens (including phenoxy) is 3. The van der Waals surface area contributed by atoms with Crippen LogP contribution in [0.25, 0.3) is 10.1 Å². The monoisotopic (exact) mass is 551 g/mol. The van der Waals surface area contributed by atoms with Gasteiger partial charge >= 0.3 is 5.97 Å². The first-order chi connectivity index (χ1) is 18.4. The van der Waals surface area contributed by atoms with Gasteiger partial charge in [0.25, 0.3) is 11.8 Å². The van der Waals surface area contributed by atoms with Gasteiger partial charge in [0.1, 0.15) is 10.6 Å². The lowest BCUT2D eigenvalue weighted by molar-refractivity contribution is -0.120. The van der Waals surface area contributed by atoms with Crippen LogP contribution in [0.4, 0.5) is 0 Å². The minimum absolute atomic E-state index is 0.202. The third-order valence-electron chi connectivity index (χ3n) is 5.28. The molecule has 0 spiro atoms. The second-order valence-electron chi connectivity index (χ2n) is 7.75. The van der Waals surface area contributed by atoms with Gasteiger partial charge in [-0.3, -0.25) is 9.59 Å². The van der Waals surface area contributed by atoms with Gasteiger partial charge < -0.3 is 19.5 Å². The van der Waals surface area contributed by atoms with Crippen LogP contribution >= 0.6 is 22.9 Å². The van der Waals surface area contributed by atoms with E-state index in [1.165, 1.54) is 31.8 Å². The minimum Gasteiger partial charge on any atom is -0.497 e. The van der Waals surface area contributed by atoms with Crippen LogP contribution in [0.1, 0.15) is 25.6 Å². The average molecular weight is 552 g/mol. The average Bonchev–Trinajstić information content (AvgIpc) is 3.29. The Kier molecular flexibility index (Phi) is 8.57. The molecule has 1 heterocycles. The fourth-order valence-corrected chi connectivity index (χ4v) is 4.75. The molecule has 1 aromatic heterocycles. The Balaban J connectivity index is 1.33. The first kappa shape index (κ1) is 26.6. The van der Waals surface area contributed by atoms with Gasteiger partial charge in [-0.25, -0.2) is 10.2 Å². The fourth-order valence-electron chi connectivity index (χ4n) is 3.36. The summed E-state index contributed by atoms with van der Waals surface area (Å²) >= 11 is 7.63. The number of esters is 1. The van der Waals surface area contributed by atoms with E-state index in [1.807, 2.05) is 24.3 Å². The number of hydrogen-bond acceptors (Lipinski definition) is 8. The normalized spacial score (nSPS) is 10.8. The summed E-state index contributed by atoms with van der Waals surface area (Å²) in [6.07, 6.45) is 1.39. The zero-order valence-corrected chi connectivity index (χ0v) is 21.9. The minimum atomic E-state index is -0.597. The highest BCUT2D eigenvalue weighted by Gasteiger charge is 2.20. The molecule has 4 rings (SSSR count). The van der Waals surface area contributed by atoms with E-state index >= 15 is 0 Å². The summed E-state index contributed by atoms with van der Waals surface area (Å²) in [4.78, 5) is 37.3. The predicted molar refractivity (Wildman–Crippen MR) is 146 cm³/mol. The Morgan fingerprint density at radius 3 is 2.45 bits per heavy atom. The number of thiophene rings is 1. The molecule has 2 amide bonds. The zero-order valence-electron chi connectivity index (χ0n) is 20.3. The molecule has 0 aliphatic heterocycles. The molecule has 0 saturated heterocycles. The molecule has 38 heavy (non-hydrogen) atoms. The van der Waals surface area contributed by atoms with Crippen molar-refractivity contribution >= 4 is 57.0 Å². The van der Waals surface area contributed by atoms with Crippen molar-refractivity contribution in [3.8, 4) is 17.2 Å². The first-order valence-electron chi connectivity index (χ1n) is 11.2. The van der Waals surface area contributed by atoms with Crippen molar-refractivity contribution in [1.29, 1.82) is 0 Å². The molecule has 9 nitrogen and oxygen atoms in total. The molecule has 0 bridgehead atoms. The van der Waals surface area contributed by atoms with Crippen LogP contribution in [0.2, 0.25) is 5.02 Å². The standard InChI is InChI=1S/C27H22ClN3O6S/c1-35-18-10-8-17(9-11-18)26(33)29-15-23(32)31-30-14-16-7-12-20(21(13-16)36-2)37-27(34)25-24(28)19-5-3-4-6-22(19)38-25/h3-14H,15H2,1-2H3,(H,29,33)(H,31,32)/b30-14-. The third-order valence-corrected chi connectivity index (χ3v) is 6.93. The Labute approximate surface area is 227 Å². The predicted octanol–water partition coefficient (Wildman–Crippen LogP) is 4.67. The van der Waals surface area contributed by atoms with Gasteiger partial charge in [-0.15, -0.1) is 11.3 Å². The van der Waals surface area contributed by atoms with Gasteiger partial charge in [0.2, 0.25) is 0 Å². The zero-order chi connectivity index (χ0) is 27.1. The Morgan fingerprint density at radius 2 is 1.74 bits per heavy atom. The van der Waals surface area contributed by atoms with Gasteiger partial charge in [0, 0.05) is 15.6 Å².